The third kappa shape index (κ3) is 3.13. The van der Waals surface area contributed by atoms with Crippen molar-refractivity contribution in [2.75, 3.05) is 0 Å². The lowest BCUT2D eigenvalue weighted by Crippen LogP contribution is -2.25. The molecular weight excluding hydrogens is 391 g/mol. The minimum Gasteiger partial charge on any atom is -0.286 e. The van der Waals surface area contributed by atoms with E-state index in [1.807, 2.05) is 0 Å². The molecule has 1 atom stereocenters. The van der Waals surface area contributed by atoms with Gasteiger partial charge in [-0.05, 0) is 42.3 Å². The zero-order chi connectivity index (χ0) is 19.2. The monoisotopic (exact) mass is 404 g/mol. The molecule has 138 valence electrons. The lowest BCUT2D eigenvalue weighted by atomic mass is 10.1. The van der Waals surface area contributed by atoms with Gasteiger partial charge in [0.05, 0.1) is 15.7 Å². The summed E-state index contributed by atoms with van der Waals surface area (Å²) >= 11 is 0.892. The molecule has 2 heterocycles. The van der Waals surface area contributed by atoms with Gasteiger partial charge in [-0.25, -0.2) is 16.8 Å². The molecule has 1 N–H and O–H groups in total. The van der Waals surface area contributed by atoms with E-state index in [0.717, 1.165) is 27.9 Å². The number of para-hydroxylation sites is 1. The first-order valence-electron chi connectivity index (χ1n) is 7.98. The van der Waals surface area contributed by atoms with Gasteiger partial charge in [0.2, 0.25) is 5.91 Å². The molecule has 0 bridgehead atoms. The van der Waals surface area contributed by atoms with Crippen molar-refractivity contribution in [2.24, 2.45) is 0 Å². The van der Waals surface area contributed by atoms with Gasteiger partial charge in [-0.3, -0.25) is 14.9 Å². The lowest BCUT2D eigenvalue weighted by Gasteiger charge is -2.07. The molecule has 0 saturated carbocycles. The largest absolute Gasteiger partial charge is 0.286 e. The Morgan fingerprint density at radius 3 is 2.44 bits per heavy atom. The fourth-order valence-corrected chi connectivity index (χ4v) is 5.27. The van der Waals surface area contributed by atoms with Gasteiger partial charge in [0.15, 0.2) is 0 Å². The molecule has 1 aliphatic rings. The summed E-state index contributed by atoms with van der Waals surface area (Å²) in [6.07, 6.45) is 1.68. The number of amides is 2. The van der Waals surface area contributed by atoms with Crippen LogP contribution in [0.3, 0.4) is 0 Å². The predicted octanol–water partition coefficient (Wildman–Crippen LogP) is 2.91. The number of thioether (sulfide) groups is 1. The zero-order valence-electron chi connectivity index (χ0n) is 13.8. The molecule has 1 fully saturated rings. The van der Waals surface area contributed by atoms with Gasteiger partial charge in [0.1, 0.15) is 5.82 Å². The molecule has 6 nitrogen and oxygen atoms in total. The third-order valence-corrected chi connectivity index (χ3v) is 6.97. The molecule has 0 radical (unpaired) electrons. The van der Waals surface area contributed by atoms with E-state index in [-0.39, 0.29) is 17.2 Å². The number of hydrogen-bond acceptors (Lipinski definition) is 5. The van der Waals surface area contributed by atoms with Crippen LogP contribution < -0.4 is 5.32 Å². The molecule has 4 rings (SSSR count). The van der Waals surface area contributed by atoms with Crippen molar-refractivity contribution in [2.45, 2.75) is 16.6 Å². The van der Waals surface area contributed by atoms with Crippen LogP contribution in [0.2, 0.25) is 0 Å². The lowest BCUT2D eigenvalue weighted by molar-refractivity contribution is -0.118. The third-order valence-electron chi connectivity index (χ3n) is 4.30. The van der Waals surface area contributed by atoms with Crippen LogP contribution in [0.4, 0.5) is 9.18 Å². The van der Waals surface area contributed by atoms with Gasteiger partial charge in [-0.2, -0.15) is 0 Å². The number of imide groups is 1. The second-order valence-corrected chi connectivity index (χ2v) is 9.00. The van der Waals surface area contributed by atoms with Crippen LogP contribution in [-0.2, 0) is 21.2 Å². The quantitative estimate of drug-likeness (QED) is 0.723. The van der Waals surface area contributed by atoms with Gasteiger partial charge < -0.3 is 0 Å². The highest BCUT2D eigenvalue weighted by Gasteiger charge is 2.33. The van der Waals surface area contributed by atoms with Crippen molar-refractivity contribution in [3.05, 3.63) is 66.1 Å². The van der Waals surface area contributed by atoms with Crippen LogP contribution in [0.15, 0.2) is 59.6 Å². The first kappa shape index (κ1) is 17.7. The Balaban J connectivity index is 1.81. The number of benzene rings is 2. The molecule has 1 saturated heterocycles. The van der Waals surface area contributed by atoms with E-state index < -0.39 is 26.3 Å². The second kappa shape index (κ2) is 6.50. The van der Waals surface area contributed by atoms with Gasteiger partial charge in [0.25, 0.3) is 15.3 Å². The highest BCUT2D eigenvalue weighted by Crippen LogP contribution is 2.30. The van der Waals surface area contributed by atoms with Crippen molar-refractivity contribution < 1.29 is 22.4 Å². The predicted molar refractivity (Wildman–Crippen MR) is 99.5 cm³/mol. The molecule has 0 aliphatic carbocycles. The van der Waals surface area contributed by atoms with Crippen LogP contribution in [0.5, 0.6) is 0 Å². The highest BCUT2D eigenvalue weighted by atomic mass is 32.2. The van der Waals surface area contributed by atoms with Crippen molar-refractivity contribution in [3.63, 3.8) is 0 Å². The standard InChI is InChI=1S/C18H13FN2O4S2/c19-12-5-7-13(8-6-12)27(24,25)21-10-11(14-3-1-2-4-15(14)21)9-16-17(22)20-18(23)26-16/h1-8,10,16H,9H2,(H,20,22,23). The van der Waals surface area contributed by atoms with Crippen LogP contribution in [0.25, 0.3) is 10.9 Å². The molecule has 1 aromatic heterocycles. The first-order chi connectivity index (χ1) is 12.9. The smallest absolute Gasteiger partial charge is 0.286 e. The average molecular weight is 404 g/mol. The molecule has 3 aromatic rings. The van der Waals surface area contributed by atoms with Gasteiger partial charge in [0, 0.05) is 11.6 Å². The van der Waals surface area contributed by atoms with Crippen molar-refractivity contribution in [1.82, 2.24) is 9.29 Å². The van der Waals surface area contributed by atoms with Crippen LogP contribution in [-0.4, -0.2) is 28.8 Å². The van der Waals surface area contributed by atoms with Gasteiger partial charge >= 0.3 is 0 Å². The second-order valence-electron chi connectivity index (χ2n) is 6.01. The number of halogens is 1. The Kier molecular flexibility index (Phi) is 4.27. The van der Waals surface area contributed by atoms with E-state index in [1.54, 1.807) is 24.3 Å². The minimum absolute atomic E-state index is 0.0423. The number of fused-ring (bicyclic) bond motifs is 1. The van der Waals surface area contributed by atoms with E-state index in [0.29, 0.717) is 16.5 Å². The summed E-state index contributed by atoms with van der Waals surface area (Å²) in [6, 6.07) is 11.5. The maximum absolute atomic E-state index is 13.2. The summed E-state index contributed by atoms with van der Waals surface area (Å²) in [4.78, 5) is 23.2. The molecule has 1 unspecified atom stereocenters. The number of nitrogens with zero attached hydrogens (tertiary/aromatic N) is 1. The summed E-state index contributed by atoms with van der Waals surface area (Å²) in [5, 5.41) is 1.89. The van der Waals surface area contributed by atoms with E-state index in [9.17, 15) is 22.4 Å². The first-order valence-corrected chi connectivity index (χ1v) is 10.3. The number of carbonyl (C=O) groups is 2. The molecule has 1 aliphatic heterocycles. The number of carbonyl (C=O) groups excluding carboxylic acids is 2. The Morgan fingerprint density at radius 1 is 1.07 bits per heavy atom. The fourth-order valence-electron chi connectivity index (χ4n) is 3.03. The Hall–Kier alpha value is -2.65. The van der Waals surface area contributed by atoms with Crippen molar-refractivity contribution in [1.29, 1.82) is 0 Å². The van der Waals surface area contributed by atoms with E-state index >= 15 is 0 Å². The minimum atomic E-state index is -3.94. The van der Waals surface area contributed by atoms with E-state index in [2.05, 4.69) is 5.32 Å². The SMILES string of the molecule is O=C1NC(=O)C(Cc2cn(S(=O)(=O)c3ccc(F)cc3)c3ccccc23)S1. The zero-order valence-corrected chi connectivity index (χ0v) is 15.4. The average Bonchev–Trinajstić information content (AvgIpc) is 3.16. The molecule has 0 spiro atoms. The number of nitrogens with one attached hydrogen (secondary N) is 1. The summed E-state index contributed by atoms with van der Waals surface area (Å²) in [7, 11) is -3.94. The molecule has 9 heteroatoms. The van der Waals surface area contributed by atoms with Gasteiger partial charge in [-0.15, -0.1) is 0 Å². The molecule has 2 aromatic carbocycles. The number of aromatic nitrogens is 1. The van der Waals surface area contributed by atoms with Crippen molar-refractivity contribution in [3.8, 4) is 0 Å². The summed E-state index contributed by atoms with van der Waals surface area (Å²) in [5.41, 5.74) is 1.09. The number of rotatable bonds is 4. The molecular formula is C18H13FN2O4S2. The Morgan fingerprint density at radius 2 is 1.78 bits per heavy atom. The highest BCUT2D eigenvalue weighted by molar-refractivity contribution is 8.15. The van der Waals surface area contributed by atoms with E-state index in [4.69, 9.17) is 0 Å². The van der Waals surface area contributed by atoms with Gasteiger partial charge in [-0.1, -0.05) is 30.0 Å². The summed E-state index contributed by atoms with van der Waals surface area (Å²) < 4.78 is 40.3. The maximum Gasteiger partial charge on any atom is 0.286 e. The summed E-state index contributed by atoms with van der Waals surface area (Å²) in [6.45, 7) is 0. The molecule has 2 amide bonds. The summed E-state index contributed by atoms with van der Waals surface area (Å²) in [5.74, 6) is -0.913. The molecule has 27 heavy (non-hydrogen) atoms. The normalized spacial score (nSPS) is 17.4. The van der Waals surface area contributed by atoms with Crippen LogP contribution in [0.1, 0.15) is 5.56 Å². The van der Waals surface area contributed by atoms with Crippen LogP contribution >= 0.6 is 11.8 Å². The van der Waals surface area contributed by atoms with Crippen LogP contribution in [0, 0.1) is 5.82 Å². The Labute approximate surface area is 158 Å². The maximum atomic E-state index is 13.2. The number of hydrogen-bond donors (Lipinski definition) is 1. The fraction of sp³-hybridized carbons (Fsp3) is 0.111. The Bertz CT molecular complexity index is 1170. The van der Waals surface area contributed by atoms with E-state index in [1.165, 1.54) is 18.3 Å². The van der Waals surface area contributed by atoms with Crippen molar-refractivity contribution >= 4 is 43.8 Å². The topological polar surface area (TPSA) is 85.2 Å².